The number of ether oxygens (including phenoxy) is 4. The third-order valence-corrected chi connectivity index (χ3v) is 10.5. The summed E-state index contributed by atoms with van der Waals surface area (Å²) in [4.78, 5) is 48.3. The van der Waals surface area contributed by atoms with Gasteiger partial charge in [-0.2, -0.15) is 8.78 Å². The molecule has 0 spiro atoms. The van der Waals surface area contributed by atoms with E-state index in [0.717, 1.165) is 23.4 Å². The van der Waals surface area contributed by atoms with Gasteiger partial charge in [-0.3, -0.25) is 28.6 Å². The van der Waals surface area contributed by atoms with Crippen molar-refractivity contribution in [3.05, 3.63) is 105 Å². The quantitative estimate of drug-likeness (QED) is 0.102. The van der Waals surface area contributed by atoms with E-state index in [1.807, 2.05) is 0 Å². The molecule has 3 heterocycles. The summed E-state index contributed by atoms with van der Waals surface area (Å²) in [6.45, 7) is -3.88. The fraction of sp³-hybridized carbons (Fsp3) is 0.306. The van der Waals surface area contributed by atoms with Gasteiger partial charge in [0.15, 0.2) is 23.9 Å². The SMILES string of the molecule is COc1ccnc(CN(c2ccc3c(c2)C(=O)N(CC(=O)O[C@@H](Cc2c(Cl)c[nH+]cc2Cl)c2ccc(OC(F)F)c(OCC4CC4)c2)C3=O)S(C)(=O)=O)c1. The van der Waals surface area contributed by atoms with Crippen molar-refractivity contribution in [2.24, 2.45) is 5.92 Å². The highest BCUT2D eigenvalue weighted by atomic mass is 35.5. The first-order chi connectivity index (χ1) is 25.7. The summed E-state index contributed by atoms with van der Waals surface area (Å²) in [6, 6.07) is 11.2. The van der Waals surface area contributed by atoms with E-state index in [0.29, 0.717) is 27.5 Å². The molecule has 284 valence electrons. The number of methoxy groups -OCH3 is 1. The molecule has 13 nitrogen and oxygen atoms in total. The molecule has 18 heteroatoms. The van der Waals surface area contributed by atoms with E-state index in [-0.39, 0.29) is 63.8 Å². The number of benzene rings is 2. The number of carbonyl (C=O) groups excluding carboxylic acids is 3. The average molecular weight is 807 g/mol. The molecule has 0 radical (unpaired) electrons. The number of halogens is 4. The predicted octanol–water partition coefficient (Wildman–Crippen LogP) is 5.69. The third-order valence-electron chi connectivity index (χ3n) is 8.65. The van der Waals surface area contributed by atoms with E-state index < -0.39 is 47.1 Å². The molecule has 6 rings (SSSR count). The normalized spacial score (nSPS) is 14.5. The van der Waals surface area contributed by atoms with Crippen LogP contribution in [-0.2, 0) is 32.5 Å². The number of aromatic nitrogens is 2. The maximum Gasteiger partial charge on any atom is 0.387 e. The molecule has 1 aliphatic heterocycles. The number of sulfonamides is 1. The fourth-order valence-corrected chi connectivity index (χ4v) is 7.12. The van der Waals surface area contributed by atoms with Gasteiger partial charge in [0, 0.05) is 24.2 Å². The lowest BCUT2D eigenvalue weighted by Gasteiger charge is -2.22. The Morgan fingerprint density at radius 3 is 2.41 bits per heavy atom. The minimum Gasteiger partial charge on any atom is -0.497 e. The second-order valence-corrected chi connectivity index (χ2v) is 15.3. The summed E-state index contributed by atoms with van der Waals surface area (Å²) in [7, 11) is -2.45. The Morgan fingerprint density at radius 2 is 1.74 bits per heavy atom. The summed E-state index contributed by atoms with van der Waals surface area (Å²) in [5.41, 5.74) is 0.952. The Hall–Kier alpha value is -5.06. The van der Waals surface area contributed by atoms with Crippen molar-refractivity contribution in [3.8, 4) is 17.2 Å². The van der Waals surface area contributed by atoms with Gasteiger partial charge >= 0.3 is 12.6 Å². The molecular formula is C36H33Cl2F2N4O9S+. The second-order valence-electron chi connectivity index (χ2n) is 12.5. The standard InChI is InChI=1S/C36H32Cl2F2N4O9S/c1-50-24-9-10-42-22(12-24)17-44(54(2,48)49)23-6-7-25-26(13-23)35(47)43(34(25)46)18-33(45)52-31(14-27-28(37)15-41-16-29(27)38)21-5-8-30(53-36(39)40)32(11-21)51-19-20-3-4-20/h5-13,15-16,20,31,36H,3-4,14,17-19H2,1-2H3/p+1/t31-/m0/s1. The summed E-state index contributed by atoms with van der Waals surface area (Å²) in [5, 5.41) is 0.431. The van der Waals surface area contributed by atoms with Gasteiger partial charge in [-0.05, 0) is 60.7 Å². The van der Waals surface area contributed by atoms with Crippen molar-refractivity contribution in [1.29, 1.82) is 0 Å². The van der Waals surface area contributed by atoms with Crippen LogP contribution in [-0.4, -0.2) is 69.2 Å². The first-order valence-corrected chi connectivity index (χ1v) is 19.0. The van der Waals surface area contributed by atoms with Crippen LogP contribution in [0, 0.1) is 5.92 Å². The number of carbonyl (C=O) groups is 3. The highest BCUT2D eigenvalue weighted by molar-refractivity contribution is 7.92. The maximum absolute atomic E-state index is 13.6. The molecule has 2 aliphatic rings. The molecule has 2 amide bonds. The van der Waals surface area contributed by atoms with Gasteiger partial charge in [0.1, 0.15) is 28.4 Å². The second kappa shape index (κ2) is 16.1. The van der Waals surface area contributed by atoms with Gasteiger partial charge in [0.25, 0.3) is 11.8 Å². The summed E-state index contributed by atoms with van der Waals surface area (Å²) >= 11 is 12.8. The number of imide groups is 1. The summed E-state index contributed by atoms with van der Waals surface area (Å²) in [6.07, 6.45) is 6.00. The number of fused-ring (bicyclic) bond motifs is 1. The zero-order valence-corrected chi connectivity index (χ0v) is 31.1. The highest BCUT2D eigenvalue weighted by Gasteiger charge is 2.39. The maximum atomic E-state index is 13.6. The fourth-order valence-electron chi connectivity index (χ4n) is 5.73. The van der Waals surface area contributed by atoms with Crippen molar-refractivity contribution >= 4 is 56.7 Å². The Kier molecular flexibility index (Phi) is 11.5. The topological polar surface area (TPSA) is 156 Å². The van der Waals surface area contributed by atoms with E-state index in [9.17, 15) is 31.6 Å². The lowest BCUT2D eigenvalue weighted by atomic mass is 10.0. The van der Waals surface area contributed by atoms with Crippen LogP contribution < -0.4 is 23.5 Å². The molecule has 54 heavy (non-hydrogen) atoms. The molecule has 0 bridgehead atoms. The Morgan fingerprint density at radius 1 is 1.02 bits per heavy atom. The van der Waals surface area contributed by atoms with Crippen molar-refractivity contribution in [1.82, 2.24) is 9.88 Å². The van der Waals surface area contributed by atoms with E-state index in [4.69, 9.17) is 37.4 Å². The number of anilines is 1. The van der Waals surface area contributed by atoms with Crippen LogP contribution in [0.4, 0.5) is 14.5 Å². The summed E-state index contributed by atoms with van der Waals surface area (Å²) < 4.78 is 74.7. The molecule has 1 saturated carbocycles. The number of rotatable bonds is 16. The third kappa shape index (κ3) is 9.00. The Balaban J connectivity index is 1.25. The van der Waals surface area contributed by atoms with Crippen LogP contribution in [0.5, 0.6) is 17.2 Å². The smallest absolute Gasteiger partial charge is 0.387 e. The number of amides is 2. The zero-order chi connectivity index (χ0) is 38.7. The van der Waals surface area contributed by atoms with Crippen molar-refractivity contribution < 1.29 is 55.5 Å². The van der Waals surface area contributed by atoms with Gasteiger partial charge in [0.2, 0.25) is 10.0 Å². The molecule has 1 aliphatic carbocycles. The van der Waals surface area contributed by atoms with Crippen LogP contribution in [0.2, 0.25) is 10.0 Å². The number of aromatic amines is 1. The van der Waals surface area contributed by atoms with Gasteiger partial charge in [-0.1, -0.05) is 29.3 Å². The van der Waals surface area contributed by atoms with Gasteiger partial charge in [-0.15, -0.1) is 0 Å². The van der Waals surface area contributed by atoms with Crippen LogP contribution in [0.25, 0.3) is 0 Å². The number of hydrogen-bond donors (Lipinski definition) is 0. The number of nitrogens with one attached hydrogen (secondary N) is 1. The van der Waals surface area contributed by atoms with Crippen LogP contribution in [0.15, 0.2) is 67.1 Å². The zero-order valence-electron chi connectivity index (χ0n) is 28.8. The van der Waals surface area contributed by atoms with Gasteiger partial charge < -0.3 is 18.9 Å². The molecule has 4 aromatic rings. The van der Waals surface area contributed by atoms with Crippen LogP contribution in [0.1, 0.15) is 56.5 Å². The van der Waals surface area contributed by atoms with Crippen LogP contribution >= 0.6 is 23.2 Å². The highest BCUT2D eigenvalue weighted by Crippen LogP contribution is 2.38. The molecule has 0 saturated heterocycles. The monoisotopic (exact) mass is 805 g/mol. The number of pyridine rings is 2. The first kappa shape index (κ1) is 38.7. The molecule has 2 aromatic carbocycles. The number of alkyl halides is 2. The predicted molar refractivity (Wildman–Crippen MR) is 190 cm³/mol. The minimum atomic E-state index is -3.91. The van der Waals surface area contributed by atoms with Crippen molar-refractivity contribution in [3.63, 3.8) is 0 Å². The Bertz CT molecular complexity index is 2190. The number of esters is 1. The van der Waals surface area contributed by atoms with E-state index >= 15 is 0 Å². The van der Waals surface area contributed by atoms with Crippen molar-refractivity contribution in [2.75, 3.05) is 30.8 Å². The van der Waals surface area contributed by atoms with E-state index in [2.05, 4.69) is 14.7 Å². The van der Waals surface area contributed by atoms with Crippen molar-refractivity contribution in [2.45, 2.75) is 38.5 Å². The Labute approximate surface area is 318 Å². The average Bonchev–Trinajstić information content (AvgIpc) is 3.93. The van der Waals surface area contributed by atoms with E-state index in [1.165, 1.54) is 62.1 Å². The number of hydrogen-bond acceptors (Lipinski definition) is 10. The number of H-pyrrole nitrogens is 1. The summed E-state index contributed by atoms with van der Waals surface area (Å²) in [5.74, 6) is -2.14. The largest absolute Gasteiger partial charge is 0.497 e. The molecule has 0 unspecified atom stereocenters. The molecule has 1 N–H and O–H groups in total. The first-order valence-electron chi connectivity index (χ1n) is 16.4. The van der Waals surface area contributed by atoms with E-state index in [1.54, 1.807) is 12.1 Å². The molecular weight excluding hydrogens is 773 g/mol. The number of nitrogens with zero attached hydrogens (tertiary/aromatic N) is 3. The van der Waals surface area contributed by atoms with Gasteiger partial charge in [-0.25, -0.2) is 13.4 Å². The van der Waals surface area contributed by atoms with Gasteiger partial charge in [0.05, 0.1) is 49.0 Å². The lowest BCUT2D eigenvalue weighted by molar-refractivity contribution is -0.377. The minimum absolute atomic E-state index is 0.000750. The van der Waals surface area contributed by atoms with Crippen LogP contribution in [0.3, 0.4) is 0 Å². The lowest BCUT2D eigenvalue weighted by Crippen LogP contribution is -2.36. The molecule has 2 aromatic heterocycles. The molecule has 1 atom stereocenters. The molecule has 1 fully saturated rings.